The van der Waals surface area contributed by atoms with Gasteiger partial charge in [0.15, 0.2) is 6.04 Å². The molecule has 0 fully saturated rings. The molecule has 0 heterocycles. The van der Waals surface area contributed by atoms with Gasteiger partial charge < -0.3 is 20.9 Å². The number of hydrogen-bond acceptors (Lipinski definition) is 4. The summed E-state index contributed by atoms with van der Waals surface area (Å²) in [6, 6.07) is -1.71. The third-order valence-electron chi connectivity index (χ3n) is 1.72. The van der Waals surface area contributed by atoms with Crippen LogP contribution in [0.1, 0.15) is 13.3 Å². The summed E-state index contributed by atoms with van der Waals surface area (Å²) in [5.41, 5.74) is 5.42. The van der Waals surface area contributed by atoms with Crippen LogP contribution in [-0.4, -0.2) is 42.8 Å². The van der Waals surface area contributed by atoms with Gasteiger partial charge in [0.25, 0.3) is 0 Å². The van der Waals surface area contributed by atoms with E-state index in [1.165, 1.54) is 7.11 Å². The van der Waals surface area contributed by atoms with E-state index in [1.54, 1.807) is 6.92 Å². The normalized spacial score (nSPS) is 14.5. The van der Waals surface area contributed by atoms with E-state index in [0.717, 1.165) is 0 Å². The summed E-state index contributed by atoms with van der Waals surface area (Å²) in [7, 11) is 1.36. The molecule has 0 spiro atoms. The zero-order valence-corrected chi connectivity index (χ0v) is 8.32. The number of ether oxygens (including phenoxy) is 1. The summed E-state index contributed by atoms with van der Waals surface area (Å²) in [6.07, 6.45) is 0.463. The molecule has 6 nitrogen and oxygen atoms in total. The third kappa shape index (κ3) is 4.20. The number of methoxy groups -OCH3 is 1. The number of rotatable bonds is 6. The molecule has 0 saturated carbocycles. The first-order valence-electron chi connectivity index (χ1n) is 4.30. The molecule has 1 amide bonds. The highest BCUT2D eigenvalue weighted by Gasteiger charge is 2.21. The van der Waals surface area contributed by atoms with Gasteiger partial charge in [0.2, 0.25) is 5.91 Å². The average Bonchev–Trinajstić information content (AvgIpc) is 2.15. The average molecular weight is 204 g/mol. The van der Waals surface area contributed by atoms with Gasteiger partial charge in [-0.1, -0.05) is 6.92 Å². The summed E-state index contributed by atoms with van der Waals surface area (Å²) in [5, 5.41) is 11.0. The predicted molar refractivity (Wildman–Crippen MR) is 49.7 cm³/mol. The Balaban J connectivity index is 4.15. The molecular formula is C8H16N2O4. The predicted octanol–water partition coefficient (Wildman–Crippen LogP) is -1.06. The van der Waals surface area contributed by atoms with Gasteiger partial charge in [0.1, 0.15) is 0 Å². The molecule has 0 saturated heterocycles. The van der Waals surface area contributed by atoms with Crippen LogP contribution in [0.25, 0.3) is 0 Å². The van der Waals surface area contributed by atoms with Gasteiger partial charge in [0, 0.05) is 7.11 Å². The van der Waals surface area contributed by atoms with E-state index in [0.29, 0.717) is 6.42 Å². The van der Waals surface area contributed by atoms with Gasteiger partial charge >= 0.3 is 5.97 Å². The van der Waals surface area contributed by atoms with E-state index in [9.17, 15) is 9.59 Å². The van der Waals surface area contributed by atoms with Gasteiger partial charge in [-0.3, -0.25) is 4.79 Å². The van der Waals surface area contributed by atoms with Crippen molar-refractivity contribution in [3.05, 3.63) is 0 Å². The lowest BCUT2D eigenvalue weighted by atomic mass is 10.2. The highest BCUT2D eigenvalue weighted by Crippen LogP contribution is 1.90. The lowest BCUT2D eigenvalue weighted by molar-refractivity contribution is -0.143. The van der Waals surface area contributed by atoms with Gasteiger partial charge in [-0.05, 0) is 6.42 Å². The molecule has 0 aliphatic carbocycles. The molecule has 0 aliphatic rings. The fourth-order valence-corrected chi connectivity index (χ4v) is 0.806. The van der Waals surface area contributed by atoms with Crippen LogP contribution in [0.15, 0.2) is 0 Å². The van der Waals surface area contributed by atoms with Crippen LogP contribution in [0.5, 0.6) is 0 Å². The Morgan fingerprint density at radius 2 is 2.14 bits per heavy atom. The molecule has 1 unspecified atom stereocenters. The number of nitrogens with one attached hydrogen (secondary N) is 1. The topological polar surface area (TPSA) is 102 Å². The fraction of sp³-hybridized carbons (Fsp3) is 0.750. The number of carbonyl (C=O) groups excluding carboxylic acids is 1. The minimum atomic E-state index is -1.14. The van der Waals surface area contributed by atoms with Crippen molar-refractivity contribution in [2.75, 3.05) is 13.7 Å². The summed E-state index contributed by atoms with van der Waals surface area (Å²) in [4.78, 5) is 21.8. The van der Waals surface area contributed by atoms with E-state index in [1.807, 2.05) is 0 Å². The van der Waals surface area contributed by atoms with Crippen molar-refractivity contribution >= 4 is 11.9 Å². The van der Waals surface area contributed by atoms with E-state index < -0.39 is 24.0 Å². The number of amides is 1. The van der Waals surface area contributed by atoms with Crippen molar-refractivity contribution < 1.29 is 19.4 Å². The number of aliphatic carboxylic acids is 1. The fourth-order valence-electron chi connectivity index (χ4n) is 0.806. The molecule has 82 valence electrons. The Kier molecular flexibility index (Phi) is 5.82. The Morgan fingerprint density at radius 1 is 1.57 bits per heavy atom. The maximum atomic E-state index is 11.2. The number of carbonyl (C=O) groups is 2. The molecule has 0 aromatic carbocycles. The molecule has 6 heteroatoms. The van der Waals surface area contributed by atoms with Crippen LogP contribution < -0.4 is 11.1 Å². The van der Waals surface area contributed by atoms with Crippen LogP contribution in [0.4, 0.5) is 0 Å². The molecular weight excluding hydrogens is 188 g/mol. The largest absolute Gasteiger partial charge is 0.480 e. The van der Waals surface area contributed by atoms with Crippen molar-refractivity contribution in [3.8, 4) is 0 Å². The Morgan fingerprint density at radius 3 is 2.50 bits per heavy atom. The monoisotopic (exact) mass is 204 g/mol. The Bertz CT molecular complexity index is 208. The van der Waals surface area contributed by atoms with Crippen molar-refractivity contribution in [3.63, 3.8) is 0 Å². The smallest absolute Gasteiger partial charge is 0.328 e. The maximum Gasteiger partial charge on any atom is 0.328 e. The van der Waals surface area contributed by atoms with Crippen molar-refractivity contribution in [2.45, 2.75) is 25.4 Å². The summed E-state index contributed by atoms with van der Waals surface area (Å²) >= 11 is 0. The molecule has 0 aliphatic heterocycles. The van der Waals surface area contributed by atoms with Crippen LogP contribution in [0.2, 0.25) is 0 Å². The first-order chi connectivity index (χ1) is 6.52. The number of carboxylic acid groups (broad SMARTS) is 1. The maximum absolute atomic E-state index is 11.2. The van der Waals surface area contributed by atoms with Gasteiger partial charge in [-0.15, -0.1) is 0 Å². The number of nitrogens with two attached hydrogens (primary N) is 1. The third-order valence-corrected chi connectivity index (χ3v) is 1.72. The lowest BCUT2D eigenvalue weighted by Gasteiger charge is -2.15. The number of carboxylic acids is 1. The van der Waals surface area contributed by atoms with E-state index in [4.69, 9.17) is 10.8 Å². The minimum absolute atomic E-state index is 0.0719. The molecule has 2 atom stereocenters. The Labute approximate surface area is 82.4 Å². The molecule has 0 bridgehead atoms. The van der Waals surface area contributed by atoms with E-state index >= 15 is 0 Å². The SMILES string of the molecule is CC[C@@H](N)C(=O)NC(COC)C(=O)O. The molecule has 4 N–H and O–H groups in total. The minimum Gasteiger partial charge on any atom is -0.480 e. The Hall–Kier alpha value is -1.14. The second-order valence-electron chi connectivity index (χ2n) is 2.87. The van der Waals surface area contributed by atoms with Gasteiger partial charge in [-0.25, -0.2) is 4.79 Å². The van der Waals surface area contributed by atoms with Crippen LogP contribution in [0.3, 0.4) is 0 Å². The van der Waals surface area contributed by atoms with E-state index in [-0.39, 0.29) is 6.61 Å². The first-order valence-corrected chi connectivity index (χ1v) is 4.30. The molecule has 0 rings (SSSR count). The van der Waals surface area contributed by atoms with Crippen molar-refractivity contribution in [1.29, 1.82) is 0 Å². The van der Waals surface area contributed by atoms with Gasteiger partial charge in [0.05, 0.1) is 12.6 Å². The van der Waals surface area contributed by atoms with Crippen LogP contribution in [0, 0.1) is 0 Å². The zero-order chi connectivity index (χ0) is 11.1. The summed E-state index contributed by atoms with van der Waals surface area (Å²) in [6.45, 7) is 1.67. The molecule has 0 aromatic rings. The standard InChI is InChI=1S/C8H16N2O4/c1-3-5(9)7(11)10-6(4-14-2)8(12)13/h5-6H,3-4,9H2,1-2H3,(H,10,11)(H,12,13)/t5-,6?/m1/s1. The lowest BCUT2D eigenvalue weighted by Crippen LogP contribution is -2.50. The molecule has 0 radical (unpaired) electrons. The van der Waals surface area contributed by atoms with Crippen LogP contribution in [-0.2, 0) is 14.3 Å². The van der Waals surface area contributed by atoms with Crippen molar-refractivity contribution in [2.24, 2.45) is 5.73 Å². The second kappa shape index (κ2) is 6.33. The molecule has 0 aromatic heterocycles. The highest BCUT2D eigenvalue weighted by molar-refractivity contribution is 5.86. The molecule has 14 heavy (non-hydrogen) atoms. The van der Waals surface area contributed by atoms with Crippen LogP contribution >= 0.6 is 0 Å². The second-order valence-corrected chi connectivity index (χ2v) is 2.87. The van der Waals surface area contributed by atoms with Gasteiger partial charge in [-0.2, -0.15) is 0 Å². The quantitative estimate of drug-likeness (QED) is 0.512. The first kappa shape index (κ1) is 12.9. The number of hydrogen-bond donors (Lipinski definition) is 3. The zero-order valence-electron chi connectivity index (χ0n) is 8.32. The highest BCUT2D eigenvalue weighted by atomic mass is 16.5. The van der Waals surface area contributed by atoms with E-state index in [2.05, 4.69) is 10.1 Å². The summed E-state index contributed by atoms with van der Waals surface area (Å²) < 4.78 is 4.64. The van der Waals surface area contributed by atoms with Crippen molar-refractivity contribution in [1.82, 2.24) is 5.32 Å². The summed E-state index contributed by atoms with van der Waals surface area (Å²) in [5.74, 6) is -1.61.